The van der Waals surface area contributed by atoms with Crippen molar-refractivity contribution >= 4 is 0 Å². The molecule has 0 bridgehead atoms. The van der Waals surface area contributed by atoms with E-state index in [2.05, 4.69) is 4.74 Å². The molecule has 0 aliphatic heterocycles. The van der Waals surface area contributed by atoms with Crippen LogP contribution in [0.4, 0.5) is 8.78 Å². The minimum absolute atomic E-state index is 0.118. The highest BCUT2D eigenvalue weighted by Crippen LogP contribution is 2.17. The van der Waals surface area contributed by atoms with Crippen LogP contribution in [0.5, 0.6) is 5.75 Å². The maximum atomic E-state index is 11.8. The fourth-order valence-corrected chi connectivity index (χ4v) is 1.03. The SMILES string of the molecule is NC[C@H](N)c1ccc(OC(F)F)cc1. The van der Waals surface area contributed by atoms with Crippen LogP contribution in [0, 0.1) is 0 Å². The Morgan fingerprint density at radius 3 is 2.21 bits per heavy atom. The van der Waals surface area contributed by atoms with Gasteiger partial charge in [0.25, 0.3) is 0 Å². The van der Waals surface area contributed by atoms with Gasteiger partial charge in [-0.1, -0.05) is 12.1 Å². The standard InChI is InChI=1S/C9H12F2N2O/c10-9(11)14-7-3-1-6(2-4-7)8(13)5-12/h1-4,8-9H,5,12-13H2/t8-/m0/s1. The molecule has 0 unspecified atom stereocenters. The highest BCUT2D eigenvalue weighted by Gasteiger charge is 2.06. The summed E-state index contributed by atoms with van der Waals surface area (Å²) in [5.74, 6) is 0.118. The molecule has 1 aromatic carbocycles. The first-order chi connectivity index (χ1) is 6.63. The molecule has 78 valence electrons. The molecule has 3 nitrogen and oxygen atoms in total. The van der Waals surface area contributed by atoms with Crippen LogP contribution in [0.15, 0.2) is 24.3 Å². The second kappa shape index (κ2) is 4.88. The fourth-order valence-electron chi connectivity index (χ4n) is 1.03. The number of nitrogens with two attached hydrogens (primary N) is 2. The Kier molecular flexibility index (Phi) is 3.79. The molecule has 0 aliphatic carbocycles. The molecule has 0 saturated carbocycles. The zero-order valence-electron chi connectivity index (χ0n) is 7.49. The first-order valence-electron chi connectivity index (χ1n) is 4.14. The summed E-state index contributed by atoms with van der Waals surface area (Å²) in [5.41, 5.74) is 11.8. The number of rotatable bonds is 4. The van der Waals surface area contributed by atoms with Crippen LogP contribution < -0.4 is 16.2 Å². The summed E-state index contributed by atoms with van der Waals surface area (Å²) in [6.45, 7) is -2.49. The van der Waals surface area contributed by atoms with E-state index < -0.39 is 6.61 Å². The second-order valence-electron chi connectivity index (χ2n) is 2.79. The highest BCUT2D eigenvalue weighted by molar-refractivity contribution is 5.29. The van der Waals surface area contributed by atoms with Gasteiger partial charge in [0.15, 0.2) is 0 Å². The van der Waals surface area contributed by atoms with Crippen molar-refractivity contribution in [2.45, 2.75) is 12.7 Å². The van der Waals surface area contributed by atoms with Crippen LogP contribution in [0.25, 0.3) is 0 Å². The molecule has 0 aromatic heterocycles. The Balaban J connectivity index is 2.68. The zero-order chi connectivity index (χ0) is 10.6. The third-order valence-corrected chi connectivity index (χ3v) is 1.79. The van der Waals surface area contributed by atoms with E-state index in [0.29, 0.717) is 6.54 Å². The van der Waals surface area contributed by atoms with Crippen molar-refractivity contribution in [1.82, 2.24) is 0 Å². The molecule has 0 saturated heterocycles. The third-order valence-electron chi connectivity index (χ3n) is 1.79. The van der Waals surface area contributed by atoms with Crippen LogP contribution >= 0.6 is 0 Å². The molecule has 14 heavy (non-hydrogen) atoms. The lowest BCUT2D eigenvalue weighted by atomic mass is 10.1. The minimum Gasteiger partial charge on any atom is -0.435 e. The van der Waals surface area contributed by atoms with Crippen molar-refractivity contribution in [3.8, 4) is 5.75 Å². The maximum Gasteiger partial charge on any atom is 0.387 e. The monoisotopic (exact) mass is 202 g/mol. The Bertz CT molecular complexity index is 277. The highest BCUT2D eigenvalue weighted by atomic mass is 19.3. The van der Waals surface area contributed by atoms with Crippen LogP contribution in [0.3, 0.4) is 0 Å². The molecule has 1 aromatic rings. The van der Waals surface area contributed by atoms with E-state index in [1.165, 1.54) is 12.1 Å². The van der Waals surface area contributed by atoms with E-state index in [1.54, 1.807) is 12.1 Å². The predicted octanol–water partition coefficient (Wildman–Crippen LogP) is 1.25. The van der Waals surface area contributed by atoms with Gasteiger partial charge in [0.05, 0.1) is 0 Å². The van der Waals surface area contributed by atoms with Crippen molar-refractivity contribution in [2.24, 2.45) is 11.5 Å². The Morgan fingerprint density at radius 1 is 1.21 bits per heavy atom. The van der Waals surface area contributed by atoms with Gasteiger partial charge in [-0.3, -0.25) is 0 Å². The van der Waals surface area contributed by atoms with E-state index in [0.717, 1.165) is 5.56 Å². The third kappa shape index (κ3) is 2.93. The van der Waals surface area contributed by atoms with Crippen LogP contribution in [0.1, 0.15) is 11.6 Å². The van der Waals surface area contributed by atoms with Gasteiger partial charge in [-0.15, -0.1) is 0 Å². The molecule has 5 heteroatoms. The Hall–Kier alpha value is -1.20. The number of halogens is 2. The minimum atomic E-state index is -2.80. The Labute approximate surface area is 80.7 Å². The van der Waals surface area contributed by atoms with Gasteiger partial charge < -0.3 is 16.2 Å². The molecule has 0 amide bonds. The van der Waals surface area contributed by atoms with E-state index in [1.807, 2.05) is 0 Å². The summed E-state index contributed by atoms with van der Waals surface area (Å²) in [6.07, 6.45) is 0. The summed E-state index contributed by atoms with van der Waals surface area (Å²) in [6, 6.07) is 5.86. The molecule has 1 atom stereocenters. The van der Waals surface area contributed by atoms with E-state index in [9.17, 15) is 8.78 Å². The molecular weight excluding hydrogens is 190 g/mol. The zero-order valence-corrected chi connectivity index (χ0v) is 7.49. The normalized spacial score (nSPS) is 12.9. The van der Waals surface area contributed by atoms with Gasteiger partial charge in [-0.25, -0.2) is 0 Å². The summed E-state index contributed by atoms with van der Waals surface area (Å²) < 4.78 is 27.7. The van der Waals surface area contributed by atoms with Gasteiger partial charge in [0.2, 0.25) is 0 Å². The van der Waals surface area contributed by atoms with Gasteiger partial charge in [-0.05, 0) is 17.7 Å². The number of ether oxygens (including phenoxy) is 1. The lowest BCUT2D eigenvalue weighted by Gasteiger charge is -2.10. The number of hydrogen-bond acceptors (Lipinski definition) is 3. The fraction of sp³-hybridized carbons (Fsp3) is 0.333. The smallest absolute Gasteiger partial charge is 0.387 e. The van der Waals surface area contributed by atoms with Gasteiger partial charge in [0.1, 0.15) is 5.75 Å². The van der Waals surface area contributed by atoms with Crippen molar-refractivity contribution in [3.05, 3.63) is 29.8 Å². The predicted molar refractivity (Wildman–Crippen MR) is 49.1 cm³/mol. The van der Waals surface area contributed by atoms with E-state index in [-0.39, 0.29) is 11.8 Å². The van der Waals surface area contributed by atoms with Gasteiger partial charge >= 0.3 is 6.61 Å². The second-order valence-corrected chi connectivity index (χ2v) is 2.79. The molecule has 0 heterocycles. The van der Waals surface area contributed by atoms with E-state index in [4.69, 9.17) is 11.5 Å². The van der Waals surface area contributed by atoms with Crippen molar-refractivity contribution in [1.29, 1.82) is 0 Å². The van der Waals surface area contributed by atoms with Crippen molar-refractivity contribution in [3.63, 3.8) is 0 Å². The molecule has 0 radical (unpaired) electrons. The van der Waals surface area contributed by atoms with Crippen LogP contribution in [-0.4, -0.2) is 13.2 Å². The summed E-state index contributed by atoms with van der Waals surface area (Å²) in [7, 11) is 0. The average molecular weight is 202 g/mol. The quantitative estimate of drug-likeness (QED) is 0.772. The van der Waals surface area contributed by atoms with Crippen LogP contribution in [0.2, 0.25) is 0 Å². The summed E-state index contributed by atoms with van der Waals surface area (Å²) >= 11 is 0. The number of benzene rings is 1. The molecule has 0 fully saturated rings. The molecular formula is C9H12F2N2O. The van der Waals surface area contributed by atoms with Crippen molar-refractivity contribution < 1.29 is 13.5 Å². The number of hydrogen-bond donors (Lipinski definition) is 2. The summed E-state index contributed by atoms with van der Waals surface area (Å²) in [4.78, 5) is 0. The van der Waals surface area contributed by atoms with Crippen LogP contribution in [-0.2, 0) is 0 Å². The molecule has 0 spiro atoms. The van der Waals surface area contributed by atoms with Gasteiger partial charge in [0, 0.05) is 12.6 Å². The van der Waals surface area contributed by atoms with Gasteiger partial charge in [-0.2, -0.15) is 8.78 Å². The molecule has 4 N–H and O–H groups in total. The largest absolute Gasteiger partial charge is 0.435 e. The first kappa shape index (κ1) is 10.9. The topological polar surface area (TPSA) is 61.3 Å². The average Bonchev–Trinajstić information content (AvgIpc) is 2.17. The van der Waals surface area contributed by atoms with E-state index >= 15 is 0 Å². The first-order valence-corrected chi connectivity index (χ1v) is 4.14. The Morgan fingerprint density at radius 2 is 1.79 bits per heavy atom. The molecule has 0 aliphatic rings. The molecule has 1 rings (SSSR count). The lowest BCUT2D eigenvalue weighted by Crippen LogP contribution is -2.20. The lowest BCUT2D eigenvalue weighted by molar-refractivity contribution is -0.0498. The maximum absolute atomic E-state index is 11.8. The van der Waals surface area contributed by atoms with Crippen molar-refractivity contribution in [2.75, 3.05) is 6.54 Å². The summed E-state index contributed by atoms with van der Waals surface area (Å²) in [5, 5.41) is 0. The number of alkyl halides is 2.